The molecule has 0 saturated heterocycles. The lowest BCUT2D eigenvalue weighted by Crippen LogP contribution is -2.36. The molecule has 2 N–H and O–H groups in total. The SMILES string of the molecule is O=C(CNCc1ccccc1Cl)NC(c1ccccc1)c1ccccc1. The van der Waals surface area contributed by atoms with Gasteiger partial charge in [0.25, 0.3) is 0 Å². The van der Waals surface area contributed by atoms with E-state index in [0.717, 1.165) is 16.7 Å². The van der Waals surface area contributed by atoms with Crippen molar-refractivity contribution in [1.82, 2.24) is 10.6 Å². The lowest BCUT2D eigenvalue weighted by molar-refractivity contribution is -0.120. The molecule has 0 saturated carbocycles. The van der Waals surface area contributed by atoms with Crippen LogP contribution in [0.1, 0.15) is 22.7 Å². The zero-order valence-electron chi connectivity index (χ0n) is 14.4. The molecule has 0 aliphatic rings. The van der Waals surface area contributed by atoms with E-state index >= 15 is 0 Å². The maximum Gasteiger partial charge on any atom is 0.234 e. The van der Waals surface area contributed by atoms with E-state index in [2.05, 4.69) is 10.6 Å². The van der Waals surface area contributed by atoms with Crippen molar-refractivity contribution in [2.75, 3.05) is 6.54 Å². The molecule has 0 bridgehead atoms. The number of carbonyl (C=O) groups is 1. The van der Waals surface area contributed by atoms with Crippen molar-refractivity contribution < 1.29 is 4.79 Å². The minimum atomic E-state index is -0.174. The monoisotopic (exact) mass is 364 g/mol. The first-order valence-electron chi connectivity index (χ1n) is 8.57. The van der Waals surface area contributed by atoms with Crippen LogP contribution in [0.4, 0.5) is 0 Å². The Morgan fingerprint density at radius 1 is 0.808 bits per heavy atom. The minimum Gasteiger partial charge on any atom is -0.344 e. The molecule has 0 unspecified atom stereocenters. The molecule has 132 valence electrons. The maximum atomic E-state index is 12.5. The van der Waals surface area contributed by atoms with Gasteiger partial charge in [0.05, 0.1) is 12.6 Å². The molecule has 0 aromatic heterocycles. The second-order valence-corrected chi connectivity index (χ2v) is 6.42. The Hall–Kier alpha value is -2.62. The van der Waals surface area contributed by atoms with Gasteiger partial charge in [-0.1, -0.05) is 90.5 Å². The normalized spacial score (nSPS) is 10.7. The first-order valence-corrected chi connectivity index (χ1v) is 8.95. The van der Waals surface area contributed by atoms with Crippen LogP contribution in [-0.2, 0) is 11.3 Å². The second-order valence-electron chi connectivity index (χ2n) is 6.02. The van der Waals surface area contributed by atoms with Gasteiger partial charge in [-0.3, -0.25) is 4.79 Å². The topological polar surface area (TPSA) is 41.1 Å². The van der Waals surface area contributed by atoms with Crippen molar-refractivity contribution >= 4 is 17.5 Å². The first-order chi connectivity index (χ1) is 12.7. The molecule has 3 aromatic rings. The Balaban J connectivity index is 1.63. The van der Waals surface area contributed by atoms with Crippen molar-refractivity contribution in [2.45, 2.75) is 12.6 Å². The molecule has 0 aliphatic carbocycles. The molecule has 0 spiro atoms. The van der Waals surface area contributed by atoms with Gasteiger partial charge in [0.15, 0.2) is 0 Å². The van der Waals surface area contributed by atoms with Crippen LogP contribution in [0.5, 0.6) is 0 Å². The summed E-state index contributed by atoms with van der Waals surface area (Å²) in [5.41, 5.74) is 3.08. The summed E-state index contributed by atoms with van der Waals surface area (Å²) >= 11 is 6.14. The predicted octanol–water partition coefficient (Wildman–Crippen LogP) is 4.34. The van der Waals surface area contributed by atoms with E-state index in [4.69, 9.17) is 11.6 Å². The Kier molecular flexibility index (Phi) is 6.42. The standard InChI is InChI=1S/C22H21ClN2O/c23-20-14-8-7-13-19(20)15-24-16-21(26)25-22(17-9-3-1-4-10-17)18-11-5-2-6-12-18/h1-14,22,24H,15-16H2,(H,25,26). The van der Waals surface area contributed by atoms with Crippen LogP contribution < -0.4 is 10.6 Å². The smallest absolute Gasteiger partial charge is 0.234 e. The third-order valence-corrected chi connectivity index (χ3v) is 4.50. The molecule has 0 heterocycles. The maximum absolute atomic E-state index is 12.5. The summed E-state index contributed by atoms with van der Waals surface area (Å²) in [5, 5.41) is 6.97. The molecule has 3 nitrogen and oxygen atoms in total. The van der Waals surface area contributed by atoms with Gasteiger partial charge < -0.3 is 10.6 Å². The van der Waals surface area contributed by atoms with Crippen molar-refractivity contribution in [1.29, 1.82) is 0 Å². The number of benzene rings is 3. The zero-order chi connectivity index (χ0) is 18.2. The highest BCUT2D eigenvalue weighted by Gasteiger charge is 2.16. The molecule has 3 aromatic carbocycles. The van der Waals surface area contributed by atoms with Crippen molar-refractivity contribution in [2.24, 2.45) is 0 Å². The Morgan fingerprint density at radius 2 is 1.35 bits per heavy atom. The fraction of sp³-hybridized carbons (Fsp3) is 0.136. The fourth-order valence-electron chi connectivity index (χ4n) is 2.81. The van der Waals surface area contributed by atoms with E-state index in [-0.39, 0.29) is 18.5 Å². The van der Waals surface area contributed by atoms with E-state index in [1.807, 2.05) is 84.9 Å². The molecule has 1 amide bonds. The molecule has 0 atom stereocenters. The second kappa shape index (κ2) is 9.18. The van der Waals surface area contributed by atoms with Gasteiger partial charge >= 0.3 is 0 Å². The highest BCUT2D eigenvalue weighted by atomic mass is 35.5. The number of amides is 1. The van der Waals surface area contributed by atoms with Crippen molar-refractivity contribution in [3.05, 3.63) is 107 Å². The average Bonchev–Trinajstić information content (AvgIpc) is 2.69. The van der Waals surface area contributed by atoms with Crippen LogP contribution in [0.15, 0.2) is 84.9 Å². The van der Waals surface area contributed by atoms with Crippen LogP contribution in [0, 0.1) is 0 Å². The van der Waals surface area contributed by atoms with E-state index in [0.29, 0.717) is 11.6 Å². The van der Waals surface area contributed by atoms with Gasteiger partial charge in [-0.25, -0.2) is 0 Å². The van der Waals surface area contributed by atoms with Crippen LogP contribution in [0.3, 0.4) is 0 Å². The molecule has 4 heteroatoms. The number of carbonyl (C=O) groups excluding carboxylic acids is 1. The number of rotatable bonds is 7. The van der Waals surface area contributed by atoms with Gasteiger partial charge in [-0.15, -0.1) is 0 Å². The summed E-state index contributed by atoms with van der Waals surface area (Å²) in [5.74, 6) is -0.0604. The molecular formula is C22H21ClN2O. The van der Waals surface area contributed by atoms with E-state index in [1.54, 1.807) is 0 Å². The van der Waals surface area contributed by atoms with E-state index in [9.17, 15) is 4.79 Å². The number of nitrogens with one attached hydrogen (secondary N) is 2. The summed E-state index contributed by atoms with van der Waals surface area (Å²) in [7, 11) is 0. The lowest BCUT2D eigenvalue weighted by Gasteiger charge is -2.20. The fourth-order valence-corrected chi connectivity index (χ4v) is 3.02. The summed E-state index contributed by atoms with van der Waals surface area (Å²) < 4.78 is 0. The molecule has 26 heavy (non-hydrogen) atoms. The van der Waals surface area contributed by atoms with Gasteiger partial charge in [-0.05, 0) is 22.8 Å². The number of hydrogen-bond donors (Lipinski definition) is 2. The zero-order valence-corrected chi connectivity index (χ0v) is 15.1. The van der Waals surface area contributed by atoms with E-state index < -0.39 is 0 Å². The molecule has 0 fully saturated rings. The summed E-state index contributed by atoms with van der Waals surface area (Å²) in [4.78, 5) is 12.5. The first kappa shape index (κ1) is 18.2. The molecule has 3 rings (SSSR count). The molecule has 0 aliphatic heterocycles. The highest BCUT2D eigenvalue weighted by Crippen LogP contribution is 2.21. The summed E-state index contributed by atoms with van der Waals surface area (Å²) in [6.07, 6.45) is 0. The number of halogens is 1. The average molecular weight is 365 g/mol. The van der Waals surface area contributed by atoms with Crippen LogP contribution in [0.25, 0.3) is 0 Å². The lowest BCUT2D eigenvalue weighted by atomic mass is 9.99. The molecule has 0 radical (unpaired) electrons. The van der Waals surface area contributed by atoms with Crippen molar-refractivity contribution in [3.63, 3.8) is 0 Å². The van der Waals surface area contributed by atoms with E-state index in [1.165, 1.54) is 0 Å². The Labute approximate surface area is 159 Å². The van der Waals surface area contributed by atoms with Gasteiger partial charge in [0.2, 0.25) is 5.91 Å². The third-order valence-electron chi connectivity index (χ3n) is 4.13. The molecular weight excluding hydrogens is 344 g/mol. The quantitative estimate of drug-likeness (QED) is 0.655. The number of hydrogen-bond acceptors (Lipinski definition) is 2. The van der Waals surface area contributed by atoms with Crippen LogP contribution in [-0.4, -0.2) is 12.5 Å². The Morgan fingerprint density at radius 3 is 1.92 bits per heavy atom. The Bertz CT molecular complexity index is 798. The van der Waals surface area contributed by atoms with Gasteiger partial charge in [0.1, 0.15) is 0 Å². The van der Waals surface area contributed by atoms with Crippen LogP contribution >= 0.6 is 11.6 Å². The minimum absolute atomic E-state index is 0.0604. The largest absolute Gasteiger partial charge is 0.344 e. The highest BCUT2D eigenvalue weighted by molar-refractivity contribution is 6.31. The van der Waals surface area contributed by atoms with Gasteiger partial charge in [0, 0.05) is 11.6 Å². The van der Waals surface area contributed by atoms with Gasteiger partial charge in [-0.2, -0.15) is 0 Å². The predicted molar refractivity (Wildman–Crippen MR) is 106 cm³/mol. The van der Waals surface area contributed by atoms with Crippen LogP contribution in [0.2, 0.25) is 5.02 Å². The van der Waals surface area contributed by atoms with Crippen molar-refractivity contribution in [3.8, 4) is 0 Å². The third kappa shape index (κ3) is 4.94. The summed E-state index contributed by atoms with van der Waals surface area (Å²) in [6, 6.07) is 27.4. The summed E-state index contributed by atoms with van der Waals surface area (Å²) in [6.45, 7) is 0.774.